The summed E-state index contributed by atoms with van der Waals surface area (Å²) >= 11 is 5.98. The number of rotatable bonds is 12. The van der Waals surface area contributed by atoms with E-state index in [1.807, 2.05) is 61.5 Å². The lowest BCUT2D eigenvalue weighted by molar-refractivity contribution is -0.112. The molecule has 0 aliphatic carbocycles. The molecule has 0 fully saturated rings. The van der Waals surface area contributed by atoms with Crippen molar-refractivity contribution in [3.05, 3.63) is 118 Å². The normalized spacial score (nSPS) is 10.8. The van der Waals surface area contributed by atoms with Gasteiger partial charge in [-0.3, -0.25) is 4.79 Å². The minimum atomic E-state index is -0.546. The zero-order valence-corrected chi connectivity index (χ0v) is 23.5. The van der Waals surface area contributed by atoms with Gasteiger partial charge in [0.1, 0.15) is 24.9 Å². The van der Waals surface area contributed by atoms with Crippen LogP contribution in [0.4, 0.5) is 5.69 Å². The molecule has 0 spiro atoms. The van der Waals surface area contributed by atoms with Gasteiger partial charge in [-0.25, -0.2) is 0 Å². The SMILES string of the molecule is CCOc1cc(COc2ccc(/C=C(/C#N)C(=O)Nc3cccc(Cl)c3)cc2OC)ccc1OCc1ccccc1. The first-order valence-corrected chi connectivity index (χ1v) is 13.3. The number of nitriles is 1. The first-order chi connectivity index (χ1) is 20.0. The van der Waals surface area contributed by atoms with Crippen LogP contribution in [0.2, 0.25) is 5.02 Å². The lowest BCUT2D eigenvalue weighted by Gasteiger charge is -2.15. The first-order valence-electron chi connectivity index (χ1n) is 12.9. The number of nitrogens with one attached hydrogen (secondary N) is 1. The summed E-state index contributed by atoms with van der Waals surface area (Å²) in [5, 5.41) is 12.7. The number of benzene rings is 4. The van der Waals surface area contributed by atoms with Gasteiger partial charge in [0, 0.05) is 10.7 Å². The van der Waals surface area contributed by atoms with Crippen molar-refractivity contribution in [1.82, 2.24) is 0 Å². The Kier molecular flexibility index (Phi) is 10.2. The van der Waals surface area contributed by atoms with Crippen LogP contribution in [-0.2, 0) is 18.0 Å². The third-order valence-corrected chi connectivity index (χ3v) is 6.12. The Labute approximate surface area is 244 Å². The summed E-state index contributed by atoms with van der Waals surface area (Å²) in [7, 11) is 1.53. The van der Waals surface area contributed by atoms with Crippen LogP contribution >= 0.6 is 11.6 Å². The van der Waals surface area contributed by atoms with Gasteiger partial charge in [0.05, 0.1) is 13.7 Å². The van der Waals surface area contributed by atoms with Crippen LogP contribution in [0.5, 0.6) is 23.0 Å². The highest BCUT2D eigenvalue weighted by atomic mass is 35.5. The highest BCUT2D eigenvalue weighted by Crippen LogP contribution is 2.32. The molecule has 41 heavy (non-hydrogen) atoms. The fourth-order valence-corrected chi connectivity index (χ4v) is 4.09. The number of amides is 1. The number of methoxy groups -OCH3 is 1. The van der Waals surface area contributed by atoms with Crippen molar-refractivity contribution in [2.24, 2.45) is 0 Å². The lowest BCUT2D eigenvalue weighted by atomic mass is 10.1. The average molecular weight is 569 g/mol. The van der Waals surface area contributed by atoms with E-state index in [1.54, 1.807) is 42.5 Å². The van der Waals surface area contributed by atoms with E-state index in [0.29, 0.717) is 52.5 Å². The van der Waals surface area contributed by atoms with Gasteiger partial charge in [-0.2, -0.15) is 5.26 Å². The molecule has 0 aliphatic rings. The maximum Gasteiger partial charge on any atom is 0.266 e. The van der Waals surface area contributed by atoms with Crippen LogP contribution in [0.15, 0.2) is 96.6 Å². The van der Waals surface area contributed by atoms with Crippen LogP contribution in [0, 0.1) is 11.3 Å². The number of halogens is 1. The number of nitrogens with zero attached hydrogens (tertiary/aromatic N) is 1. The summed E-state index contributed by atoms with van der Waals surface area (Å²) < 4.78 is 23.4. The van der Waals surface area contributed by atoms with Crippen molar-refractivity contribution in [3.63, 3.8) is 0 Å². The summed E-state index contributed by atoms with van der Waals surface area (Å²) in [5.74, 6) is 1.71. The molecule has 1 amide bonds. The minimum absolute atomic E-state index is 0.0706. The van der Waals surface area contributed by atoms with Crippen molar-refractivity contribution in [2.75, 3.05) is 19.0 Å². The molecule has 0 aromatic heterocycles. The molecule has 0 unspecified atom stereocenters. The van der Waals surface area contributed by atoms with Crippen LogP contribution in [-0.4, -0.2) is 19.6 Å². The number of hydrogen-bond acceptors (Lipinski definition) is 6. The third-order valence-electron chi connectivity index (χ3n) is 5.89. The maximum atomic E-state index is 12.6. The highest BCUT2D eigenvalue weighted by Gasteiger charge is 2.13. The Hall–Kier alpha value is -4.93. The van der Waals surface area contributed by atoms with Gasteiger partial charge in [0.25, 0.3) is 5.91 Å². The van der Waals surface area contributed by atoms with E-state index >= 15 is 0 Å². The molecule has 208 valence electrons. The molecule has 0 saturated carbocycles. The molecule has 1 N–H and O–H groups in total. The molecular weight excluding hydrogens is 540 g/mol. The summed E-state index contributed by atoms with van der Waals surface area (Å²) in [4.78, 5) is 12.6. The van der Waals surface area contributed by atoms with Crippen LogP contribution in [0.25, 0.3) is 6.08 Å². The van der Waals surface area contributed by atoms with Gasteiger partial charge in [0.15, 0.2) is 23.0 Å². The van der Waals surface area contributed by atoms with E-state index in [9.17, 15) is 10.1 Å². The lowest BCUT2D eigenvalue weighted by Crippen LogP contribution is -2.13. The molecule has 0 aliphatic heterocycles. The fourth-order valence-electron chi connectivity index (χ4n) is 3.90. The van der Waals surface area contributed by atoms with E-state index in [1.165, 1.54) is 13.2 Å². The zero-order chi connectivity index (χ0) is 29.0. The first kappa shape index (κ1) is 29.1. The van der Waals surface area contributed by atoms with Crippen molar-refractivity contribution < 1.29 is 23.7 Å². The molecule has 4 aromatic rings. The molecule has 0 bridgehead atoms. The summed E-state index contributed by atoms with van der Waals surface area (Å²) in [6.45, 7) is 3.11. The van der Waals surface area contributed by atoms with Gasteiger partial charge in [-0.05, 0) is 72.2 Å². The second-order valence-corrected chi connectivity index (χ2v) is 9.26. The Morgan fingerprint density at radius 1 is 0.829 bits per heavy atom. The van der Waals surface area contributed by atoms with Crippen molar-refractivity contribution in [2.45, 2.75) is 20.1 Å². The number of anilines is 1. The zero-order valence-electron chi connectivity index (χ0n) is 22.7. The molecule has 8 heteroatoms. The Morgan fingerprint density at radius 3 is 2.27 bits per heavy atom. The van der Waals surface area contributed by atoms with Crippen molar-refractivity contribution >= 4 is 29.3 Å². The molecular formula is C33H29ClN2O5. The van der Waals surface area contributed by atoms with Gasteiger partial charge >= 0.3 is 0 Å². The Morgan fingerprint density at radius 2 is 1.56 bits per heavy atom. The van der Waals surface area contributed by atoms with E-state index in [4.69, 9.17) is 30.5 Å². The fraction of sp³-hybridized carbons (Fsp3) is 0.152. The number of carbonyl (C=O) groups is 1. The molecule has 0 saturated heterocycles. The third kappa shape index (κ3) is 8.28. The standard InChI is InChI=1S/C33H29ClN2O5/c1-3-39-32-18-25(13-15-30(32)40-21-23-8-5-4-6-9-23)22-41-29-14-12-24(17-31(29)38-2)16-26(20-35)33(37)36-28-11-7-10-27(34)19-28/h4-19H,3,21-22H2,1-2H3,(H,36,37)/b26-16-. The molecule has 0 heterocycles. The highest BCUT2D eigenvalue weighted by molar-refractivity contribution is 6.31. The molecule has 4 rings (SSSR count). The van der Waals surface area contributed by atoms with E-state index in [0.717, 1.165) is 11.1 Å². The van der Waals surface area contributed by atoms with Gasteiger partial charge in [-0.1, -0.05) is 60.1 Å². The summed E-state index contributed by atoms with van der Waals surface area (Å²) in [6, 6.07) is 29.4. The maximum absolute atomic E-state index is 12.6. The predicted molar refractivity (Wildman–Crippen MR) is 159 cm³/mol. The smallest absolute Gasteiger partial charge is 0.266 e. The van der Waals surface area contributed by atoms with E-state index < -0.39 is 5.91 Å². The van der Waals surface area contributed by atoms with Crippen LogP contribution in [0.1, 0.15) is 23.6 Å². The predicted octanol–water partition coefficient (Wildman–Crippen LogP) is 7.45. The minimum Gasteiger partial charge on any atom is -0.493 e. The van der Waals surface area contributed by atoms with Crippen LogP contribution in [0.3, 0.4) is 0 Å². The largest absolute Gasteiger partial charge is 0.493 e. The molecule has 0 radical (unpaired) electrons. The van der Waals surface area contributed by atoms with Crippen LogP contribution < -0.4 is 24.3 Å². The monoisotopic (exact) mass is 568 g/mol. The topological polar surface area (TPSA) is 89.8 Å². The quantitative estimate of drug-likeness (QED) is 0.141. The molecule has 0 atom stereocenters. The number of carbonyl (C=O) groups excluding carboxylic acids is 1. The second-order valence-electron chi connectivity index (χ2n) is 8.82. The number of hydrogen-bond donors (Lipinski definition) is 1. The van der Waals surface area contributed by atoms with Gasteiger partial charge < -0.3 is 24.3 Å². The van der Waals surface area contributed by atoms with E-state index in [2.05, 4.69) is 5.32 Å². The number of ether oxygens (including phenoxy) is 4. The second kappa shape index (κ2) is 14.5. The summed E-state index contributed by atoms with van der Waals surface area (Å²) in [6.07, 6.45) is 1.48. The van der Waals surface area contributed by atoms with Gasteiger partial charge in [-0.15, -0.1) is 0 Å². The van der Waals surface area contributed by atoms with E-state index in [-0.39, 0.29) is 12.2 Å². The van der Waals surface area contributed by atoms with Crippen molar-refractivity contribution in [1.29, 1.82) is 5.26 Å². The molecule has 7 nitrogen and oxygen atoms in total. The molecule has 4 aromatic carbocycles. The average Bonchev–Trinajstić information content (AvgIpc) is 2.99. The Balaban J connectivity index is 1.44. The van der Waals surface area contributed by atoms with Gasteiger partial charge in [0.2, 0.25) is 0 Å². The van der Waals surface area contributed by atoms with Crippen molar-refractivity contribution in [3.8, 4) is 29.1 Å². The summed E-state index contributed by atoms with van der Waals surface area (Å²) in [5.41, 5.74) is 2.98. The Bertz CT molecular complexity index is 1560.